The molecule has 9 heteroatoms. The van der Waals surface area contributed by atoms with Crippen molar-refractivity contribution >= 4 is 11.5 Å². The van der Waals surface area contributed by atoms with Gasteiger partial charge in [0, 0.05) is 25.0 Å². The molecule has 9 nitrogen and oxygen atoms in total. The number of aromatic nitrogens is 7. The number of fused-ring (bicyclic) bond motifs is 1. The summed E-state index contributed by atoms with van der Waals surface area (Å²) in [5.74, 6) is 0.726. The Bertz CT molecular complexity index is 856. The van der Waals surface area contributed by atoms with Crippen LogP contribution in [0.5, 0.6) is 0 Å². The maximum absolute atomic E-state index is 11.2. The number of piperidine rings is 1. The minimum absolute atomic E-state index is 0.209. The molecule has 4 heterocycles. The lowest BCUT2D eigenvalue weighted by atomic mass is 9.90. The third kappa shape index (κ3) is 2.41. The van der Waals surface area contributed by atoms with Crippen LogP contribution < -0.4 is 4.90 Å². The predicted molar refractivity (Wildman–Crippen MR) is 86.5 cm³/mol. The fourth-order valence-corrected chi connectivity index (χ4v) is 3.14. The SMILES string of the molecule is CC(C)n1cc(C2(O)CCCN(c3nccn4cnnc34)C2)nn1. The monoisotopic (exact) mass is 328 g/mol. The summed E-state index contributed by atoms with van der Waals surface area (Å²) < 4.78 is 3.59. The lowest BCUT2D eigenvalue weighted by molar-refractivity contribution is 0.0175. The van der Waals surface area contributed by atoms with Crippen LogP contribution in [0.3, 0.4) is 0 Å². The number of hydrogen-bond donors (Lipinski definition) is 1. The van der Waals surface area contributed by atoms with E-state index in [1.165, 1.54) is 0 Å². The summed E-state index contributed by atoms with van der Waals surface area (Å²) in [4.78, 5) is 6.49. The third-order valence-electron chi connectivity index (χ3n) is 4.48. The van der Waals surface area contributed by atoms with Gasteiger partial charge in [0.25, 0.3) is 0 Å². The average molecular weight is 328 g/mol. The summed E-state index contributed by atoms with van der Waals surface area (Å²) in [6.45, 7) is 5.28. The van der Waals surface area contributed by atoms with E-state index in [1.807, 2.05) is 35.5 Å². The molecule has 1 unspecified atom stereocenters. The van der Waals surface area contributed by atoms with Crippen LogP contribution in [0.15, 0.2) is 24.9 Å². The van der Waals surface area contributed by atoms with E-state index in [9.17, 15) is 5.11 Å². The Labute approximate surface area is 138 Å². The van der Waals surface area contributed by atoms with Gasteiger partial charge in [-0.25, -0.2) is 9.67 Å². The van der Waals surface area contributed by atoms with Gasteiger partial charge in [-0.05, 0) is 26.7 Å². The first kappa shape index (κ1) is 15.0. The van der Waals surface area contributed by atoms with Crippen LogP contribution in [0.2, 0.25) is 0 Å². The quantitative estimate of drug-likeness (QED) is 0.759. The average Bonchev–Trinajstić information content (AvgIpc) is 3.24. The zero-order valence-electron chi connectivity index (χ0n) is 13.7. The molecule has 1 N–H and O–H groups in total. The molecule has 24 heavy (non-hydrogen) atoms. The van der Waals surface area contributed by atoms with Gasteiger partial charge >= 0.3 is 0 Å². The summed E-state index contributed by atoms with van der Waals surface area (Å²) >= 11 is 0. The van der Waals surface area contributed by atoms with Crippen LogP contribution in [-0.2, 0) is 5.60 Å². The number of aliphatic hydroxyl groups is 1. The fourth-order valence-electron chi connectivity index (χ4n) is 3.14. The molecule has 1 fully saturated rings. The molecule has 0 amide bonds. The van der Waals surface area contributed by atoms with E-state index in [4.69, 9.17) is 0 Å². The van der Waals surface area contributed by atoms with Crippen molar-refractivity contribution in [2.45, 2.75) is 38.3 Å². The molecule has 126 valence electrons. The standard InChI is InChI=1S/C15H20N8O/c1-11(2)23-8-12(18-20-23)15(24)4-3-6-21(9-15)13-14-19-17-10-22(14)7-5-16-13/h5,7-8,10-11,24H,3-4,6,9H2,1-2H3. The van der Waals surface area contributed by atoms with Crippen LogP contribution in [0.1, 0.15) is 38.4 Å². The Balaban J connectivity index is 1.66. The number of nitrogens with zero attached hydrogens (tertiary/aromatic N) is 8. The summed E-state index contributed by atoms with van der Waals surface area (Å²) in [7, 11) is 0. The molecule has 3 aromatic heterocycles. The van der Waals surface area contributed by atoms with Crippen molar-refractivity contribution in [2.75, 3.05) is 18.0 Å². The Morgan fingerprint density at radius 2 is 2.17 bits per heavy atom. The van der Waals surface area contributed by atoms with Gasteiger partial charge < -0.3 is 10.0 Å². The number of rotatable bonds is 3. The Hall–Kier alpha value is -2.55. The van der Waals surface area contributed by atoms with Crippen LogP contribution in [0, 0.1) is 0 Å². The molecule has 0 aromatic carbocycles. The maximum Gasteiger partial charge on any atom is 0.203 e. The molecule has 1 atom stereocenters. The minimum Gasteiger partial charge on any atom is -0.382 e. The van der Waals surface area contributed by atoms with Gasteiger partial charge in [-0.2, -0.15) is 0 Å². The first-order valence-corrected chi connectivity index (χ1v) is 8.11. The summed E-state index contributed by atoms with van der Waals surface area (Å²) in [5.41, 5.74) is 0.252. The molecule has 0 saturated carbocycles. The second-order valence-electron chi connectivity index (χ2n) is 6.55. The van der Waals surface area contributed by atoms with E-state index in [1.54, 1.807) is 17.2 Å². The molecule has 0 bridgehead atoms. The van der Waals surface area contributed by atoms with Gasteiger partial charge in [0.05, 0.1) is 12.7 Å². The fraction of sp³-hybridized carbons (Fsp3) is 0.533. The van der Waals surface area contributed by atoms with Gasteiger partial charge in [-0.1, -0.05) is 5.21 Å². The molecule has 0 aliphatic carbocycles. The van der Waals surface area contributed by atoms with Crippen LogP contribution >= 0.6 is 0 Å². The predicted octanol–water partition coefficient (Wildman–Crippen LogP) is 0.785. The van der Waals surface area contributed by atoms with Crippen molar-refractivity contribution < 1.29 is 5.11 Å². The van der Waals surface area contributed by atoms with Crippen molar-refractivity contribution in [2.24, 2.45) is 0 Å². The molecule has 3 aromatic rings. The number of anilines is 1. The van der Waals surface area contributed by atoms with Crippen LogP contribution in [0.4, 0.5) is 5.82 Å². The maximum atomic E-state index is 11.2. The third-order valence-corrected chi connectivity index (χ3v) is 4.48. The van der Waals surface area contributed by atoms with Crippen molar-refractivity contribution in [3.05, 3.63) is 30.6 Å². The highest BCUT2D eigenvalue weighted by Crippen LogP contribution is 2.33. The van der Waals surface area contributed by atoms with Crippen molar-refractivity contribution in [3.8, 4) is 0 Å². The first-order valence-electron chi connectivity index (χ1n) is 8.11. The molecule has 0 radical (unpaired) electrons. The zero-order chi connectivity index (χ0) is 16.7. The van der Waals surface area contributed by atoms with Gasteiger partial charge in [0.2, 0.25) is 5.65 Å². The topological polar surface area (TPSA) is 97.3 Å². The van der Waals surface area contributed by atoms with E-state index in [0.29, 0.717) is 24.3 Å². The second kappa shape index (κ2) is 5.52. The largest absolute Gasteiger partial charge is 0.382 e. The van der Waals surface area contributed by atoms with Crippen LogP contribution in [-0.4, -0.2) is 52.8 Å². The Kier molecular flexibility index (Phi) is 3.45. The summed E-state index contributed by atoms with van der Waals surface area (Å²) in [5, 5.41) is 27.6. The summed E-state index contributed by atoms with van der Waals surface area (Å²) in [6, 6.07) is 0.209. The Morgan fingerprint density at radius 3 is 2.96 bits per heavy atom. The zero-order valence-corrected chi connectivity index (χ0v) is 13.7. The van der Waals surface area contributed by atoms with Crippen molar-refractivity contribution in [1.29, 1.82) is 0 Å². The number of β-amino-alcohol motifs (C(OH)–C–C–N with tert-alkyl or cyclic N) is 1. The van der Waals surface area contributed by atoms with E-state index < -0.39 is 5.60 Å². The van der Waals surface area contributed by atoms with Gasteiger partial charge in [0.15, 0.2) is 5.82 Å². The van der Waals surface area contributed by atoms with E-state index in [0.717, 1.165) is 18.8 Å². The highest BCUT2D eigenvalue weighted by atomic mass is 16.3. The molecule has 1 aliphatic heterocycles. The molecule has 1 aliphatic rings. The molecule has 0 spiro atoms. The highest BCUT2D eigenvalue weighted by Gasteiger charge is 2.38. The second-order valence-corrected chi connectivity index (χ2v) is 6.55. The molecular formula is C15H20N8O. The lowest BCUT2D eigenvalue weighted by Gasteiger charge is -2.38. The van der Waals surface area contributed by atoms with Crippen LogP contribution in [0.25, 0.3) is 5.65 Å². The van der Waals surface area contributed by atoms with E-state index in [2.05, 4.69) is 25.5 Å². The molecular weight excluding hydrogens is 308 g/mol. The minimum atomic E-state index is -1.04. The normalized spacial score (nSPS) is 21.8. The highest BCUT2D eigenvalue weighted by molar-refractivity contribution is 5.63. The lowest BCUT2D eigenvalue weighted by Crippen LogP contribution is -2.47. The van der Waals surface area contributed by atoms with Gasteiger partial charge in [0.1, 0.15) is 17.6 Å². The van der Waals surface area contributed by atoms with Gasteiger partial charge in [-0.3, -0.25) is 4.40 Å². The van der Waals surface area contributed by atoms with Crippen molar-refractivity contribution in [1.82, 2.24) is 34.6 Å². The number of hydrogen-bond acceptors (Lipinski definition) is 7. The van der Waals surface area contributed by atoms with Gasteiger partial charge in [-0.15, -0.1) is 15.3 Å². The molecule has 1 saturated heterocycles. The summed E-state index contributed by atoms with van der Waals surface area (Å²) in [6.07, 6.45) is 8.49. The smallest absolute Gasteiger partial charge is 0.203 e. The first-order chi connectivity index (χ1) is 11.6. The Morgan fingerprint density at radius 1 is 1.29 bits per heavy atom. The van der Waals surface area contributed by atoms with E-state index in [-0.39, 0.29) is 6.04 Å². The molecule has 4 rings (SSSR count). The van der Waals surface area contributed by atoms with E-state index >= 15 is 0 Å². The van der Waals surface area contributed by atoms with Crippen molar-refractivity contribution in [3.63, 3.8) is 0 Å².